The van der Waals surface area contributed by atoms with Crippen LogP contribution in [0.5, 0.6) is 0 Å². The van der Waals surface area contributed by atoms with Crippen LogP contribution in [0.25, 0.3) is 0 Å². The van der Waals surface area contributed by atoms with Gasteiger partial charge in [-0.1, -0.05) is 57.6 Å². The van der Waals surface area contributed by atoms with E-state index in [0.717, 1.165) is 48.0 Å². The van der Waals surface area contributed by atoms with Crippen molar-refractivity contribution < 1.29 is 19.1 Å². The highest BCUT2D eigenvalue weighted by Gasteiger charge is 2.65. The van der Waals surface area contributed by atoms with Gasteiger partial charge in [0.05, 0.1) is 0 Å². The summed E-state index contributed by atoms with van der Waals surface area (Å²) < 4.78 is 5.77. The predicted molar refractivity (Wildman–Crippen MR) is 145 cm³/mol. The first kappa shape index (κ1) is 28.3. The number of esters is 1. The first-order valence-electron chi connectivity index (χ1n) is 13.6. The molecule has 0 aromatic carbocycles. The number of allylic oxidation sites excluding steroid dienone is 8. The minimum absolute atomic E-state index is 0.0301. The van der Waals surface area contributed by atoms with Crippen LogP contribution in [0.15, 0.2) is 46.6 Å². The van der Waals surface area contributed by atoms with Crippen molar-refractivity contribution in [1.82, 2.24) is 0 Å². The van der Waals surface area contributed by atoms with E-state index in [0.29, 0.717) is 18.8 Å². The van der Waals surface area contributed by atoms with Gasteiger partial charge in [0, 0.05) is 36.2 Å². The average molecular weight is 495 g/mol. The van der Waals surface area contributed by atoms with Crippen molar-refractivity contribution in [1.29, 1.82) is 0 Å². The summed E-state index contributed by atoms with van der Waals surface area (Å²) in [5.74, 6) is 0.876. The summed E-state index contributed by atoms with van der Waals surface area (Å²) in [6.45, 7) is 18.6. The summed E-state index contributed by atoms with van der Waals surface area (Å²) in [4.78, 5) is 37.6. The molecule has 3 rings (SSSR count). The van der Waals surface area contributed by atoms with Gasteiger partial charge in [-0.15, -0.1) is 0 Å². The molecule has 3 aliphatic rings. The molecule has 5 unspecified atom stereocenters. The summed E-state index contributed by atoms with van der Waals surface area (Å²) >= 11 is 0. The summed E-state index contributed by atoms with van der Waals surface area (Å²) in [6.07, 6.45) is 12.5. The second-order valence-electron chi connectivity index (χ2n) is 12.8. The molecule has 4 heteroatoms. The molecular formula is C32H46O4. The maximum atomic E-state index is 13.5. The van der Waals surface area contributed by atoms with Crippen molar-refractivity contribution >= 4 is 17.5 Å². The van der Waals surface area contributed by atoms with Crippen molar-refractivity contribution in [3.8, 4) is 0 Å². The first-order valence-corrected chi connectivity index (χ1v) is 13.6. The quantitative estimate of drug-likeness (QED) is 0.166. The van der Waals surface area contributed by atoms with Gasteiger partial charge in [-0.05, 0) is 81.8 Å². The number of ketones is 2. The Morgan fingerprint density at radius 3 is 2.25 bits per heavy atom. The Balaban J connectivity index is 1.87. The van der Waals surface area contributed by atoms with Crippen molar-refractivity contribution in [2.75, 3.05) is 0 Å². The zero-order valence-electron chi connectivity index (χ0n) is 23.9. The van der Waals surface area contributed by atoms with Crippen molar-refractivity contribution in [3.63, 3.8) is 0 Å². The Hall–Kier alpha value is -2.23. The van der Waals surface area contributed by atoms with E-state index in [1.54, 1.807) is 0 Å². The van der Waals surface area contributed by atoms with E-state index in [1.807, 2.05) is 52.0 Å². The number of carbonyl (C=O) groups excluding carboxylic acids is 3. The highest BCUT2D eigenvalue weighted by Crippen LogP contribution is 2.69. The molecule has 3 fully saturated rings. The fourth-order valence-electron chi connectivity index (χ4n) is 7.94. The highest BCUT2D eigenvalue weighted by molar-refractivity contribution is 6.01. The lowest BCUT2D eigenvalue weighted by Gasteiger charge is -2.62. The van der Waals surface area contributed by atoms with Crippen LogP contribution in [0.3, 0.4) is 0 Å². The van der Waals surface area contributed by atoms with Crippen LogP contribution in [0.4, 0.5) is 0 Å². The van der Waals surface area contributed by atoms with Gasteiger partial charge in [0.25, 0.3) is 0 Å². The topological polar surface area (TPSA) is 60.4 Å². The standard InChI is InChI=1S/C32H46O4/c1-20(2)13-14-24(34)21(3)11-10-12-22(4)29-25(35)19-27-31(8)18-16-28(36-23(5)33)30(6,7)26(31)15-17-32(27,29)9/h10-13,26-28H,14-19H2,1-9H3. The molecular weight excluding hydrogens is 448 g/mol. The van der Waals surface area contributed by atoms with Gasteiger partial charge < -0.3 is 4.74 Å². The van der Waals surface area contributed by atoms with Crippen LogP contribution in [-0.4, -0.2) is 23.6 Å². The third-order valence-corrected chi connectivity index (χ3v) is 9.76. The zero-order chi connectivity index (χ0) is 27.1. The predicted octanol–water partition coefficient (Wildman–Crippen LogP) is 7.49. The number of hydrogen-bond acceptors (Lipinski definition) is 4. The number of ether oxygens (including phenoxy) is 1. The molecule has 3 saturated carbocycles. The molecule has 0 aromatic rings. The second-order valence-corrected chi connectivity index (χ2v) is 12.8. The first-order chi connectivity index (χ1) is 16.6. The molecule has 198 valence electrons. The minimum atomic E-state index is -0.205. The van der Waals surface area contributed by atoms with Gasteiger partial charge >= 0.3 is 5.97 Å². The summed E-state index contributed by atoms with van der Waals surface area (Å²) in [7, 11) is 0. The molecule has 0 amide bonds. The summed E-state index contributed by atoms with van der Waals surface area (Å²) in [5, 5.41) is 0. The largest absolute Gasteiger partial charge is 0.462 e. The Morgan fingerprint density at radius 1 is 0.972 bits per heavy atom. The lowest BCUT2D eigenvalue weighted by molar-refractivity contribution is -0.185. The van der Waals surface area contributed by atoms with Crippen LogP contribution in [0.1, 0.15) is 101 Å². The summed E-state index contributed by atoms with van der Waals surface area (Å²) in [5.41, 5.74) is 3.61. The third kappa shape index (κ3) is 5.10. The molecule has 0 aromatic heterocycles. The molecule has 0 N–H and O–H groups in total. The molecule has 0 heterocycles. The third-order valence-electron chi connectivity index (χ3n) is 9.76. The Kier molecular flexibility index (Phi) is 8.08. The van der Waals surface area contributed by atoms with Gasteiger partial charge in [-0.25, -0.2) is 0 Å². The molecule has 0 bridgehead atoms. The maximum absolute atomic E-state index is 13.5. The molecule has 4 nitrogen and oxygen atoms in total. The van der Waals surface area contributed by atoms with Gasteiger partial charge in [0.2, 0.25) is 0 Å². The van der Waals surface area contributed by atoms with Crippen LogP contribution in [0, 0.1) is 28.1 Å². The molecule has 0 radical (unpaired) electrons. The van der Waals surface area contributed by atoms with Gasteiger partial charge in [0.1, 0.15) is 6.10 Å². The number of Topliss-reactive ketones (excluding diaryl/α,β-unsaturated/α-hetero) is 2. The number of rotatable bonds is 6. The lowest BCUT2D eigenvalue weighted by atomic mass is 9.43. The van der Waals surface area contributed by atoms with Crippen molar-refractivity contribution in [2.24, 2.45) is 28.1 Å². The Morgan fingerprint density at radius 2 is 1.64 bits per heavy atom. The van der Waals surface area contributed by atoms with E-state index < -0.39 is 0 Å². The highest BCUT2D eigenvalue weighted by atomic mass is 16.5. The molecule has 0 saturated heterocycles. The average Bonchev–Trinajstić information content (AvgIpc) is 3.05. The van der Waals surface area contributed by atoms with Crippen LogP contribution in [0.2, 0.25) is 0 Å². The van der Waals surface area contributed by atoms with Gasteiger partial charge in [-0.2, -0.15) is 0 Å². The Bertz CT molecular complexity index is 1050. The molecule has 3 aliphatic carbocycles. The van der Waals surface area contributed by atoms with Gasteiger partial charge in [-0.3, -0.25) is 14.4 Å². The van der Waals surface area contributed by atoms with E-state index in [4.69, 9.17) is 4.74 Å². The normalized spacial score (nSPS) is 35.2. The van der Waals surface area contributed by atoms with E-state index in [-0.39, 0.29) is 45.8 Å². The molecule has 0 spiro atoms. The van der Waals surface area contributed by atoms with E-state index in [2.05, 4.69) is 27.7 Å². The smallest absolute Gasteiger partial charge is 0.302 e. The molecule has 0 aliphatic heterocycles. The fraction of sp³-hybridized carbons (Fsp3) is 0.656. The van der Waals surface area contributed by atoms with Crippen molar-refractivity contribution in [2.45, 2.75) is 107 Å². The minimum Gasteiger partial charge on any atom is -0.462 e. The van der Waals surface area contributed by atoms with E-state index >= 15 is 0 Å². The number of fused-ring (bicyclic) bond motifs is 3. The lowest BCUT2D eigenvalue weighted by Crippen LogP contribution is -2.58. The summed E-state index contributed by atoms with van der Waals surface area (Å²) in [6, 6.07) is 0. The molecule has 5 atom stereocenters. The zero-order valence-corrected chi connectivity index (χ0v) is 23.9. The van der Waals surface area contributed by atoms with Crippen molar-refractivity contribution in [3.05, 3.63) is 46.6 Å². The van der Waals surface area contributed by atoms with Crippen LogP contribution in [-0.2, 0) is 19.1 Å². The fourth-order valence-corrected chi connectivity index (χ4v) is 7.94. The molecule has 36 heavy (non-hydrogen) atoms. The number of carbonyl (C=O) groups is 3. The van der Waals surface area contributed by atoms with Gasteiger partial charge in [0.15, 0.2) is 11.6 Å². The van der Waals surface area contributed by atoms with Crippen LogP contribution < -0.4 is 0 Å². The Labute approximate surface area is 218 Å². The maximum Gasteiger partial charge on any atom is 0.302 e. The van der Waals surface area contributed by atoms with Crippen LogP contribution >= 0.6 is 0 Å². The second kappa shape index (κ2) is 10.3. The van der Waals surface area contributed by atoms with E-state index in [1.165, 1.54) is 6.92 Å². The number of hydrogen-bond donors (Lipinski definition) is 0. The monoisotopic (exact) mass is 494 g/mol. The van der Waals surface area contributed by atoms with E-state index in [9.17, 15) is 14.4 Å². The SMILES string of the molecule is CC(=O)OC1CCC2(C)C3CC(=O)C(=C(C)C=CC=C(C)C(=O)CC=C(C)C)C3(C)CCC2C1(C)C.